The predicted octanol–water partition coefficient (Wildman–Crippen LogP) is 4.74. The molecule has 1 nitrogen and oxygen atoms in total. The maximum atomic E-state index is 4.85. The summed E-state index contributed by atoms with van der Waals surface area (Å²) in [4.78, 5) is 0. The van der Waals surface area contributed by atoms with Gasteiger partial charge in [0.1, 0.15) is 0 Å². The van der Waals surface area contributed by atoms with Gasteiger partial charge < -0.3 is 0 Å². The molecule has 0 amide bonds. The minimum atomic E-state index is 0.780. The molecule has 1 radical (unpaired) electrons. The second-order valence-corrected chi connectivity index (χ2v) is 6.17. The lowest BCUT2D eigenvalue weighted by Gasteiger charge is -2.23. The zero-order valence-electron chi connectivity index (χ0n) is 13.0. The van der Waals surface area contributed by atoms with Gasteiger partial charge in [0.05, 0.1) is 0 Å². The summed E-state index contributed by atoms with van der Waals surface area (Å²) in [7, 11) is 0. The summed E-state index contributed by atoms with van der Waals surface area (Å²) < 4.78 is 0. The van der Waals surface area contributed by atoms with Gasteiger partial charge in [0.25, 0.3) is 0 Å². The molecule has 0 aliphatic heterocycles. The van der Waals surface area contributed by atoms with Gasteiger partial charge in [-0.3, -0.25) is 0 Å². The first-order valence-corrected chi connectivity index (χ1v) is 7.66. The number of hydrogen-bond acceptors (Lipinski definition) is 0. The molecule has 0 aromatic rings. The average Bonchev–Trinajstić information content (AvgIpc) is 2.26. The second kappa shape index (κ2) is 9.94. The third kappa shape index (κ3) is 7.81. The van der Waals surface area contributed by atoms with E-state index in [1.165, 1.54) is 25.7 Å². The van der Waals surface area contributed by atoms with Gasteiger partial charge >= 0.3 is 0 Å². The van der Waals surface area contributed by atoms with E-state index >= 15 is 0 Å². The topological polar surface area (TPSA) is 14.1 Å². The molecule has 0 aliphatic rings. The van der Waals surface area contributed by atoms with E-state index in [-0.39, 0.29) is 0 Å². The first-order chi connectivity index (χ1) is 8.02. The fraction of sp³-hybridized carbons (Fsp3) is 1.00. The van der Waals surface area contributed by atoms with Crippen LogP contribution in [0.2, 0.25) is 0 Å². The van der Waals surface area contributed by atoms with Gasteiger partial charge in [0, 0.05) is 13.1 Å². The first-order valence-electron chi connectivity index (χ1n) is 7.66. The van der Waals surface area contributed by atoms with E-state index in [2.05, 4.69) is 41.5 Å². The third-order valence-electron chi connectivity index (χ3n) is 3.93. The van der Waals surface area contributed by atoms with Crippen molar-refractivity contribution in [3.05, 3.63) is 0 Å². The lowest BCUT2D eigenvalue weighted by molar-refractivity contribution is 0.292. The molecule has 0 rings (SSSR count). The van der Waals surface area contributed by atoms with Crippen LogP contribution < -0.4 is 5.32 Å². The van der Waals surface area contributed by atoms with Crippen molar-refractivity contribution in [1.29, 1.82) is 0 Å². The largest absolute Gasteiger partial charge is 0.241 e. The molecule has 103 valence electrons. The Morgan fingerprint density at radius 3 is 1.29 bits per heavy atom. The molecule has 0 aromatic carbocycles. The second-order valence-electron chi connectivity index (χ2n) is 6.17. The highest BCUT2D eigenvalue weighted by Gasteiger charge is 2.16. The van der Waals surface area contributed by atoms with Crippen LogP contribution in [0.15, 0.2) is 0 Å². The molecule has 0 heterocycles. The van der Waals surface area contributed by atoms with Crippen molar-refractivity contribution in [2.45, 2.75) is 67.2 Å². The molecular formula is C16H34N. The van der Waals surface area contributed by atoms with E-state index in [0.717, 1.165) is 36.8 Å². The lowest BCUT2D eigenvalue weighted by Crippen LogP contribution is -2.27. The van der Waals surface area contributed by atoms with Gasteiger partial charge in [-0.1, -0.05) is 54.4 Å². The molecule has 0 aromatic heterocycles. The van der Waals surface area contributed by atoms with Gasteiger partial charge in [-0.15, -0.1) is 0 Å². The summed E-state index contributed by atoms with van der Waals surface area (Å²) in [6, 6.07) is 0. The minimum Gasteiger partial charge on any atom is -0.241 e. The van der Waals surface area contributed by atoms with Gasteiger partial charge in [-0.25, -0.2) is 5.32 Å². The Bertz CT molecular complexity index is 145. The summed E-state index contributed by atoms with van der Waals surface area (Å²) in [5.41, 5.74) is 0. The summed E-state index contributed by atoms with van der Waals surface area (Å²) in [5.74, 6) is 3.16. The van der Waals surface area contributed by atoms with E-state index in [1.54, 1.807) is 0 Å². The van der Waals surface area contributed by atoms with Gasteiger partial charge in [-0.05, 0) is 36.5 Å². The normalized spacial score (nSPS) is 15.5. The van der Waals surface area contributed by atoms with Crippen molar-refractivity contribution in [2.24, 2.45) is 23.7 Å². The van der Waals surface area contributed by atoms with Crippen LogP contribution in [0.25, 0.3) is 0 Å². The summed E-state index contributed by atoms with van der Waals surface area (Å²) >= 11 is 0. The number of nitrogens with zero attached hydrogens (tertiary/aromatic N) is 1. The van der Waals surface area contributed by atoms with Crippen LogP contribution in [-0.2, 0) is 0 Å². The number of rotatable bonds is 10. The minimum absolute atomic E-state index is 0.780. The molecule has 2 unspecified atom stereocenters. The zero-order valence-corrected chi connectivity index (χ0v) is 13.0. The van der Waals surface area contributed by atoms with Crippen LogP contribution in [0.4, 0.5) is 0 Å². The fourth-order valence-corrected chi connectivity index (χ4v) is 2.42. The smallest absolute Gasteiger partial charge is 0.0164 e. The van der Waals surface area contributed by atoms with Crippen LogP contribution in [0.3, 0.4) is 0 Å². The predicted molar refractivity (Wildman–Crippen MR) is 78.3 cm³/mol. The fourth-order valence-electron chi connectivity index (χ4n) is 2.42. The molecule has 0 saturated heterocycles. The van der Waals surface area contributed by atoms with Crippen LogP contribution in [0.5, 0.6) is 0 Å². The van der Waals surface area contributed by atoms with Crippen LogP contribution in [-0.4, -0.2) is 13.1 Å². The standard InChI is InChI=1S/C16H34N/c1-7-9-15(13(3)4)11-17-12-16(10-8-2)14(5)6/h13-16H,7-12H2,1-6H3. The van der Waals surface area contributed by atoms with Crippen LogP contribution >= 0.6 is 0 Å². The van der Waals surface area contributed by atoms with Crippen molar-refractivity contribution in [1.82, 2.24) is 5.32 Å². The first kappa shape index (κ1) is 17.0. The Balaban J connectivity index is 3.91. The Kier molecular flexibility index (Phi) is 9.91. The Hall–Kier alpha value is -0.0400. The van der Waals surface area contributed by atoms with E-state index in [9.17, 15) is 0 Å². The maximum Gasteiger partial charge on any atom is 0.0164 e. The van der Waals surface area contributed by atoms with E-state index < -0.39 is 0 Å². The van der Waals surface area contributed by atoms with Crippen molar-refractivity contribution >= 4 is 0 Å². The van der Waals surface area contributed by atoms with Crippen molar-refractivity contribution in [3.8, 4) is 0 Å². The molecular weight excluding hydrogens is 206 g/mol. The Morgan fingerprint density at radius 1 is 0.706 bits per heavy atom. The zero-order chi connectivity index (χ0) is 13.3. The monoisotopic (exact) mass is 240 g/mol. The maximum absolute atomic E-state index is 4.85. The average molecular weight is 240 g/mol. The van der Waals surface area contributed by atoms with E-state index in [1.807, 2.05) is 0 Å². The highest BCUT2D eigenvalue weighted by Crippen LogP contribution is 2.19. The molecule has 0 aliphatic carbocycles. The quantitative estimate of drug-likeness (QED) is 0.524. The highest BCUT2D eigenvalue weighted by molar-refractivity contribution is 4.69. The molecule has 0 N–H and O–H groups in total. The SMILES string of the molecule is CCCC(C[N]CC(CCC)C(C)C)C(C)C. The highest BCUT2D eigenvalue weighted by atomic mass is 14.9. The molecule has 1 heteroatoms. The van der Waals surface area contributed by atoms with Crippen molar-refractivity contribution in [2.75, 3.05) is 13.1 Å². The molecule has 17 heavy (non-hydrogen) atoms. The van der Waals surface area contributed by atoms with E-state index in [0.29, 0.717) is 0 Å². The molecule has 0 saturated carbocycles. The summed E-state index contributed by atoms with van der Waals surface area (Å²) in [6.45, 7) is 16.1. The molecule has 0 bridgehead atoms. The van der Waals surface area contributed by atoms with Crippen molar-refractivity contribution in [3.63, 3.8) is 0 Å². The summed E-state index contributed by atoms with van der Waals surface area (Å²) in [6.07, 6.45) is 5.25. The summed E-state index contributed by atoms with van der Waals surface area (Å²) in [5, 5.41) is 4.85. The Morgan fingerprint density at radius 2 is 1.06 bits per heavy atom. The van der Waals surface area contributed by atoms with Crippen molar-refractivity contribution < 1.29 is 0 Å². The van der Waals surface area contributed by atoms with E-state index in [4.69, 9.17) is 5.32 Å². The van der Waals surface area contributed by atoms with Gasteiger partial charge in [-0.2, -0.15) is 0 Å². The molecule has 0 spiro atoms. The molecule has 2 atom stereocenters. The number of hydrogen-bond donors (Lipinski definition) is 0. The van der Waals surface area contributed by atoms with Gasteiger partial charge in [0.15, 0.2) is 0 Å². The van der Waals surface area contributed by atoms with Gasteiger partial charge in [0.2, 0.25) is 0 Å². The van der Waals surface area contributed by atoms with Crippen LogP contribution in [0.1, 0.15) is 67.2 Å². The Labute approximate surface area is 110 Å². The molecule has 0 fully saturated rings. The lowest BCUT2D eigenvalue weighted by atomic mass is 9.89. The van der Waals surface area contributed by atoms with Crippen LogP contribution in [0, 0.1) is 23.7 Å². The third-order valence-corrected chi connectivity index (χ3v) is 3.93.